The second kappa shape index (κ2) is 7.93. The molecule has 1 aromatic heterocycles. The average Bonchev–Trinajstić information content (AvgIpc) is 3.13. The summed E-state index contributed by atoms with van der Waals surface area (Å²) in [5.41, 5.74) is 6.84. The monoisotopic (exact) mass is 397 g/mol. The number of nitrogens with one attached hydrogen (secondary N) is 2. The maximum atomic E-state index is 12.3. The number of rotatable bonds is 5. The van der Waals surface area contributed by atoms with E-state index in [0.29, 0.717) is 22.0 Å². The number of anilines is 1. The van der Waals surface area contributed by atoms with E-state index in [-0.39, 0.29) is 17.3 Å². The highest BCUT2D eigenvalue weighted by Gasteiger charge is 2.22. The fourth-order valence-electron chi connectivity index (χ4n) is 2.60. The molecule has 0 bridgehead atoms. The molecule has 142 valence electrons. The molecule has 0 saturated heterocycles. The predicted octanol–water partition coefficient (Wildman–Crippen LogP) is 2.24. The molecule has 0 aliphatic heterocycles. The lowest BCUT2D eigenvalue weighted by molar-refractivity contribution is 0.0937. The second-order valence-corrected chi connectivity index (χ2v) is 6.20. The number of nitrogens with two attached hydrogens (primary N) is 1. The van der Waals surface area contributed by atoms with E-state index in [1.807, 2.05) is 0 Å². The lowest BCUT2D eigenvalue weighted by Gasteiger charge is -2.09. The van der Waals surface area contributed by atoms with Crippen LogP contribution in [0.1, 0.15) is 31.3 Å². The van der Waals surface area contributed by atoms with Crippen LogP contribution >= 0.6 is 11.6 Å². The first-order chi connectivity index (χ1) is 13.4. The Labute approximate surface area is 165 Å². The van der Waals surface area contributed by atoms with E-state index in [4.69, 9.17) is 17.3 Å². The minimum Gasteiger partial charge on any atom is -0.364 e. The molecule has 8 nitrogen and oxygen atoms in total. The molecule has 3 amide bonds. The van der Waals surface area contributed by atoms with Crippen LogP contribution in [0.5, 0.6) is 0 Å². The van der Waals surface area contributed by atoms with Gasteiger partial charge >= 0.3 is 0 Å². The molecule has 3 aromatic rings. The molecular formula is C19H16ClN5O3. The summed E-state index contributed by atoms with van der Waals surface area (Å²) in [5.74, 6) is -1.61. The van der Waals surface area contributed by atoms with Gasteiger partial charge in [0.15, 0.2) is 5.69 Å². The van der Waals surface area contributed by atoms with Gasteiger partial charge in [-0.1, -0.05) is 17.7 Å². The summed E-state index contributed by atoms with van der Waals surface area (Å²) >= 11 is 5.90. The van der Waals surface area contributed by atoms with Crippen molar-refractivity contribution in [3.8, 4) is 5.69 Å². The summed E-state index contributed by atoms with van der Waals surface area (Å²) in [6.07, 6.45) is 1.34. The van der Waals surface area contributed by atoms with Crippen molar-refractivity contribution in [2.45, 2.75) is 0 Å². The fourth-order valence-corrected chi connectivity index (χ4v) is 2.79. The number of benzene rings is 2. The summed E-state index contributed by atoms with van der Waals surface area (Å²) in [6, 6.07) is 13.2. The number of aromatic nitrogens is 2. The Bertz CT molecular complexity index is 1060. The third-order valence-corrected chi connectivity index (χ3v) is 4.17. The lowest BCUT2D eigenvalue weighted by atomic mass is 10.2. The zero-order chi connectivity index (χ0) is 20.3. The predicted molar refractivity (Wildman–Crippen MR) is 105 cm³/mol. The number of hydrogen-bond donors (Lipinski definition) is 3. The van der Waals surface area contributed by atoms with Crippen LogP contribution in [0.2, 0.25) is 5.02 Å². The lowest BCUT2D eigenvalue weighted by Crippen LogP contribution is -2.25. The summed E-state index contributed by atoms with van der Waals surface area (Å²) in [6.45, 7) is 0. The van der Waals surface area contributed by atoms with Crippen LogP contribution in [0, 0.1) is 0 Å². The Balaban J connectivity index is 1.85. The SMILES string of the molecule is CNC(=O)c1ncn(-c2ccc(NC(=O)c3cccc(Cl)c3)cc2)c1C(N)=O. The zero-order valence-corrected chi connectivity index (χ0v) is 15.5. The number of imidazole rings is 1. The van der Waals surface area contributed by atoms with Gasteiger partial charge in [-0.15, -0.1) is 0 Å². The molecule has 0 fully saturated rings. The molecular weight excluding hydrogens is 382 g/mol. The van der Waals surface area contributed by atoms with Crippen molar-refractivity contribution in [2.24, 2.45) is 5.73 Å². The van der Waals surface area contributed by atoms with Gasteiger partial charge in [-0.3, -0.25) is 19.0 Å². The number of amides is 3. The van der Waals surface area contributed by atoms with Crippen LogP contribution < -0.4 is 16.4 Å². The molecule has 0 radical (unpaired) electrons. The van der Waals surface area contributed by atoms with E-state index in [0.717, 1.165) is 0 Å². The standard InChI is InChI=1S/C19H16ClN5O3/c1-22-19(28)15-16(17(21)26)25(10-23-15)14-7-5-13(6-8-14)24-18(27)11-3-2-4-12(20)9-11/h2-10H,1H3,(H2,21,26)(H,22,28)(H,24,27). The molecule has 0 aliphatic rings. The van der Waals surface area contributed by atoms with Crippen LogP contribution in [-0.4, -0.2) is 34.3 Å². The highest BCUT2D eigenvalue weighted by Crippen LogP contribution is 2.19. The van der Waals surface area contributed by atoms with Crippen molar-refractivity contribution in [3.05, 3.63) is 76.8 Å². The Morgan fingerprint density at radius 1 is 1.07 bits per heavy atom. The van der Waals surface area contributed by atoms with Crippen molar-refractivity contribution in [3.63, 3.8) is 0 Å². The molecule has 1 heterocycles. The van der Waals surface area contributed by atoms with E-state index < -0.39 is 11.8 Å². The van der Waals surface area contributed by atoms with E-state index in [2.05, 4.69) is 15.6 Å². The molecule has 0 spiro atoms. The topological polar surface area (TPSA) is 119 Å². The third-order valence-electron chi connectivity index (χ3n) is 3.93. The number of carbonyl (C=O) groups is 3. The van der Waals surface area contributed by atoms with Crippen LogP contribution in [0.3, 0.4) is 0 Å². The van der Waals surface area contributed by atoms with Crippen molar-refractivity contribution >= 4 is 35.0 Å². The number of primary amides is 1. The molecule has 28 heavy (non-hydrogen) atoms. The minimum atomic E-state index is -0.783. The third kappa shape index (κ3) is 3.86. The van der Waals surface area contributed by atoms with Crippen LogP contribution in [0.15, 0.2) is 54.9 Å². The molecule has 0 unspecified atom stereocenters. The maximum absolute atomic E-state index is 12.3. The van der Waals surface area contributed by atoms with E-state index in [9.17, 15) is 14.4 Å². The van der Waals surface area contributed by atoms with Gasteiger partial charge in [0.1, 0.15) is 12.0 Å². The van der Waals surface area contributed by atoms with E-state index in [1.165, 1.54) is 17.9 Å². The van der Waals surface area contributed by atoms with Crippen LogP contribution in [0.4, 0.5) is 5.69 Å². The van der Waals surface area contributed by atoms with Gasteiger partial charge in [0.2, 0.25) is 0 Å². The number of hydrogen-bond acceptors (Lipinski definition) is 4. The van der Waals surface area contributed by atoms with E-state index >= 15 is 0 Å². The van der Waals surface area contributed by atoms with Crippen molar-refractivity contribution < 1.29 is 14.4 Å². The second-order valence-electron chi connectivity index (χ2n) is 5.77. The van der Waals surface area contributed by atoms with Crippen molar-refractivity contribution in [1.82, 2.24) is 14.9 Å². The Hall–Kier alpha value is -3.65. The van der Waals surface area contributed by atoms with Gasteiger partial charge in [-0.2, -0.15) is 0 Å². The van der Waals surface area contributed by atoms with Crippen LogP contribution in [-0.2, 0) is 0 Å². The first-order valence-electron chi connectivity index (χ1n) is 8.17. The Morgan fingerprint density at radius 2 is 1.79 bits per heavy atom. The highest BCUT2D eigenvalue weighted by atomic mass is 35.5. The minimum absolute atomic E-state index is 0.0323. The molecule has 9 heteroatoms. The van der Waals surface area contributed by atoms with E-state index in [1.54, 1.807) is 48.5 Å². The van der Waals surface area contributed by atoms with Gasteiger partial charge in [0, 0.05) is 29.0 Å². The largest absolute Gasteiger partial charge is 0.364 e. The van der Waals surface area contributed by atoms with Crippen molar-refractivity contribution in [1.29, 1.82) is 0 Å². The van der Waals surface area contributed by atoms with Crippen molar-refractivity contribution in [2.75, 3.05) is 12.4 Å². The summed E-state index contributed by atoms with van der Waals surface area (Å²) < 4.78 is 1.41. The highest BCUT2D eigenvalue weighted by molar-refractivity contribution is 6.31. The summed E-state index contributed by atoms with van der Waals surface area (Å²) in [5, 5.41) is 5.63. The van der Waals surface area contributed by atoms with Gasteiger partial charge in [0.05, 0.1) is 0 Å². The Morgan fingerprint density at radius 3 is 2.39 bits per heavy atom. The summed E-state index contributed by atoms with van der Waals surface area (Å²) in [7, 11) is 1.43. The first kappa shape index (κ1) is 19.1. The van der Waals surface area contributed by atoms with Crippen LogP contribution in [0.25, 0.3) is 5.69 Å². The fraction of sp³-hybridized carbons (Fsp3) is 0.0526. The molecule has 0 saturated carbocycles. The van der Waals surface area contributed by atoms with Gasteiger partial charge in [-0.25, -0.2) is 4.98 Å². The zero-order valence-electron chi connectivity index (χ0n) is 14.8. The van der Waals surface area contributed by atoms with Gasteiger partial charge in [-0.05, 0) is 42.5 Å². The maximum Gasteiger partial charge on any atom is 0.272 e. The first-order valence-corrected chi connectivity index (χ1v) is 8.55. The Kier molecular flexibility index (Phi) is 5.42. The normalized spacial score (nSPS) is 10.4. The molecule has 0 atom stereocenters. The molecule has 4 N–H and O–H groups in total. The molecule has 3 rings (SSSR count). The molecule has 2 aromatic carbocycles. The number of nitrogens with zero attached hydrogens (tertiary/aromatic N) is 2. The smallest absolute Gasteiger partial charge is 0.272 e. The average molecular weight is 398 g/mol. The van der Waals surface area contributed by atoms with Gasteiger partial charge in [0.25, 0.3) is 17.7 Å². The molecule has 0 aliphatic carbocycles. The number of carbonyl (C=O) groups excluding carboxylic acids is 3. The quantitative estimate of drug-likeness (QED) is 0.611. The summed E-state index contributed by atoms with van der Waals surface area (Å²) in [4.78, 5) is 39.9. The van der Waals surface area contributed by atoms with Gasteiger partial charge < -0.3 is 16.4 Å². The number of halogens is 1.